The molecule has 0 saturated carbocycles. The molecule has 3 aromatic rings. The minimum atomic E-state index is -1.04. The van der Waals surface area contributed by atoms with E-state index in [0.717, 1.165) is 11.6 Å². The molecule has 3 aromatic carbocycles. The predicted octanol–water partition coefficient (Wildman–Crippen LogP) is 3.93. The van der Waals surface area contributed by atoms with Crippen LogP contribution < -0.4 is 20.9 Å². The molecular formula is C25H23ClF2N2O4. The zero-order chi connectivity index (χ0) is 24.6. The van der Waals surface area contributed by atoms with Gasteiger partial charge in [0, 0.05) is 35.7 Å². The molecule has 9 heteroatoms. The largest absolute Gasteiger partial charge is 0.488 e. The second-order valence-corrected chi connectivity index (χ2v) is 8.57. The van der Waals surface area contributed by atoms with E-state index in [4.69, 9.17) is 32.5 Å². The predicted molar refractivity (Wildman–Crippen MR) is 124 cm³/mol. The second-order valence-electron chi connectivity index (χ2n) is 8.19. The fraction of sp³-hybridized carbons (Fsp3) is 0.240. The molecule has 2 atom stereocenters. The summed E-state index contributed by atoms with van der Waals surface area (Å²) in [5.41, 5.74) is 11.1. The summed E-state index contributed by atoms with van der Waals surface area (Å²) < 4.78 is 42.2. The average molecular weight is 489 g/mol. The number of aliphatic hydroxyl groups is 1. The number of carbonyl (C=O) groups excluding carboxylic acids is 1. The first-order valence-electron chi connectivity index (χ1n) is 10.6. The lowest BCUT2D eigenvalue weighted by atomic mass is 9.85. The van der Waals surface area contributed by atoms with Crippen LogP contribution in [0.2, 0.25) is 5.02 Å². The quantitative estimate of drug-likeness (QED) is 0.467. The monoisotopic (exact) mass is 488 g/mol. The Morgan fingerprint density at radius 2 is 1.94 bits per heavy atom. The molecule has 0 spiro atoms. The molecule has 4 rings (SSSR count). The smallest absolute Gasteiger partial charge is 0.249 e. The second kappa shape index (κ2) is 9.21. The van der Waals surface area contributed by atoms with E-state index in [9.17, 15) is 14.3 Å². The number of hydrogen-bond acceptors (Lipinski definition) is 5. The highest BCUT2D eigenvalue weighted by molar-refractivity contribution is 6.34. The van der Waals surface area contributed by atoms with E-state index in [1.54, 1.807) is 0 Å². The summed E-state index contributed by atoms with van der Waals surface area (Å²) in [4.78, 5) is 12.2. The van der Waals surface area contributed by atoms with Gasteiger partial charge in [0.25, 0.3) is 0 Å². The van der Waals surface area contributed by atoms with Crippen molar-refractivity contribution in [1.82, 2.24) is 0 Å². The first-order valence-corrected chi connectivity index (χ1v) is 11.0. The molecule has 1 amide bonds. The van der Waals surface area contributed by atoms with Crippen molar-refractivity contribution in [2.24, 2.45) is 11.5 Å². The summed E-state index contributed by atoms with van der Waals surface area (Å²) in [5.74, 6) is -2.87. The number of carbonyl (C=O) groups is 1. The first-order chi connectivity index (χ1) is 16.2. The van der Waals surface area contributed by atoms with Gasteiger partial charge in [-0.2, -0.15) is 0 Å². The molecule has 0 aromatic heterocycles. The van der Waals surface area contributed by atoms with Gasteiger partial charge in [0.1, 0.15) is 18.2 Å². The van der Waals surface area contributed by atoms with Gasteiger partial charge in [0.15, 0.2) is 17.2 Å². The van der Waals surface area contributed by atoms with Crippen LogP contribution in [-0.4, -0.2) is 30.3 Å². The number of nitrogens with two attached hydrogens (primary N) is 2. The number of amides is 1. The highest BCUT2D eigenvalue weighted by Gasteiger charge is 2.43. The summed E-state index contributed by atoms with van der Waals surface area (Å²) in [5, 5.41) is 9.12. The van der Waals surface area contributed by atoms with Crippen LogP contribution in [0.3, 0.4) is 0 Å². The van der Waals surface area contributed by atoms with E-state index in [0.29, 0.717) is 5.56 Å². The number of halogens is 3. The fourth-order valence-corrected chi connectivity index (χ4v) is 4.43. The van der Waals surface area contributed by atoms with Crippen LogP contribution in [0.5, 0.6) is 11.5 Å². The van der Waals surface area contributed by atoms with Gasteiger partial charge < -0.3 is 26.0 Å². The number of aliphatic hydroxyl groups excluding tert-OH is 1. The van der Waals surface area contributed by atoms with Gasteiger partial charge in [-0.1, -0.05) is 41.9 Å². The lowest BCUT2D eigenvalue weighted by molar-refractivity contribution is 0.0999. The molecule has 0 bridgehead atoms. The standard InChI is InChI=1S/C25H23ClF2N2O4/c1-13(31)11-33-18-8-7-15(24(30)32)21(23(18)28)20-16-10-25(12-29,14-5-3-2-4-6-14)34-19(16)9-17(27)22(20)26/h2-9,13,31H,10-12,29H2,1H3,(H2,30,32)/t13-,25+/m0/s1. The summed E-state index contributed by atoms with van der Waals surface area (Å²) in [6.45, 7) is 1.32. The fourth-order valence-electron chi connectivity index (χ4n) is 4.16. The van der Waals surface area contributed by atoms with Crippen molar-refractivity contribution in [2.75, 3.05) is 13.2 Å². The van der Waals surface area contributed by atoms with Crippen molar-refractivity contribution >= 4 is 17.5 Å². The van der Waals surface area contributed by atoms with Crippen LogP contribution in [-0.2, 0) is 12.0 Å². The Morgan fingerprint density at radius 1 is 1.24 bits per heavy atom. The van der Waals surface area contributed by atoms with Gasteiger partial charge in [0.2, 0.25) is 5.91 Å². The number of primary amides is 1. The van der Waals surface area contributed by atoms with Crippen LogP contribution >= 0.6 is 11.6 Å². The Labute approximate surface area is 200 Å². The van der Waals surface area contributed by atoms with Gasteiger partial charge in [-0.05, 0) is 24.6 Å². The molecule has 0 aliphatic carbocycles. The van der Waals surface area contributed by atoms with Crippen molar-refractivity contribution in [3.63, 3.8) is 0 Å². The molecule has 178 valence electrons. The number of rotatable bonds is 7. The van der Waals surface area contributed by atoms with Crippen molar-refractivity contribution in [3.8, 4) is 22.6 Å². The molecular weight excluding hydrogens is 466 g/mol. The molecule has 34 heavy (non-hydrogen) atoms. The first kappa shape index (κ1) is 23.9. The van der Waals surface area contributed by atoms with E-state index in [1.165, 1.54) is 19.1 Å². The highest BCUT2D eigenvalue weighted by Crippen LogP contribution is 2.50. The van der Waals surface area contributed by atoms with Crippen molar-refractivity contribution in [2.45, 2.75) is 25.0 Å². The highest BCUT2D eigenvalue weighted by atomic mass is 35.5. The Morgan fingerprint density at radius 3 is 2.56 bits per heavy atom. The maximum Gasteiger partial charge on any atom is 0.249 e. The molecule has 0 radical (unpaired) electrons. The number of hydrogen-bond donors (Lipinski definition) is 3. The summed E-state index contributed by atoms with van der Waals surface area (Å²) >= 11 is 6.36. The van der Waals surface area contributed by atoms with Gasteiger partial charge in [-0.25, -0.2) is 8.78 Å². The van der Waals surface area contributed by atoms with Crippen LogP contribution in [0, 0.1) is 11.6 Å². The zero-order valence-corrected chi connectivity index (χ0v) is 19.0. The van der Waals surface area contributed by atoms with Gasteiger partial charge in [-0.3, -0.25) is 4.79 Å². The molecule has 0 saturated heterocycles. The molecule has 1 heterocycles. The zero-order valence-electron chi connectivity index (χ0n) is 18.3. The average Bonchev–Trinajstić information content (AvgIpc) is 3.19. The van der Waals surface area contributed by atoms with Crippen LogP contribution in [0.25, 0.3) is 11.1 Å². The Hall–Kier alpha value is -3.20. The maximum atomic E-state index is 15.7. The Balaban J connectivity index is 1.95. The third kappa shape index (κ3) is 4.09. The van der Waals surface area contributed by atoms with Gasteiger partial charge in [-0.15, -0.1) is 0 Å². The molecule has 0 fully saturated rings. The van der Waals surface area contributed by atoms with E-state index in [2.05, 4.69) is 0 Å². The van der Waals surface area contributed by atoms with Crippen molar-refractivity contribution in [1.29, 1.82) is 0 Å². The van der Waals surface area contributed by atoms with Gasteiger partial charge >= 0.3 is 0 Å². The summed E-state index contributed by atoms with van der Waals surface area (Å²) in [6.07, 6.45) is -0.723. The molecule has 5 N–H and O–H groups in total. The SMILES string of the molecule is C[C@H](O)COc1ccc(C(N)=O)c(-c2c(Cl)c(F)cc3c2C[C@@](CN)(c2ccccc2)O3)c1F. The van der Waals surface area contributed by atoms with Crippen LogP contribution in [0.15, 0.2) is 48.5 Å². The topological polar surface area (TPSA) is 108 Å². The van der Waals surface area contributed by atoms with Crippen LogP contribution in [0.1, 0.15) is 28.4 Å². The number of ether oxygens (including phenoxy) is 2. The third-order valence-corrected chi connectivity index (χ3v) is 6.16. The minimum Gasteiger partial charge on any atom is -0.488 e. The Kier molecular flexibility index (Phi) is 6.49. The summed E-state index contributed by atoms with van der Waals surface area (Å²) in [7, 11) is 0. The number of benzene rings is 3. The molecule has 1 aliphatic heterocycles. The van der Waals surface area contributed by atoms with E-state index in [-0.39, 0.29) is 47.8 Å². The van der Waals surface area contributed by atoms with Crippen LogP contribution in [0.4, 0.5) is 8.78 Å². The lowest BCUT2D eigenvalue weighted by Crippen LogP contribution is -2.39. The Bertz CT molecular complexity index is 1250. The van der Waals surface area contributed by atoms with Crippen molar-refractivity contribution in [3.05, 3.63) is 81.9 Å². The number of fused-ring (bicyclic) bond motifs is 1. The third-order valence-electron chi connectivity index (χ3n) is 5.79. The lowest BCUT2D eigenvalue weighted by Gasteiger charge is -2.27. The van der Waals surface area contributed by atoms with E-state index in [1.807, 2.05) is 30.3 Å². The molecule has 6 nitrogen and oxygen atoms in total. The molecule has 0 unspecified atom stereocenters. The summed E-state index contributed by atoms with van der Waals surface area (Å²) in [6, 6.07) is 12.8. The van der Waals surface area contributed by atoms with Gasteiger partial charge in [0.05, 0.1) is 16.7 Å². The minimum absolute atomic E-state index is 0.0487. The molecule has 1 aliphatic rings. The van der Waals surface area contributed by atoms with Crippen molar-refractivity contribution < 1.29 is 28.2 Å². The van der Waals surface area contributed by atoms with E-state index >= 15 is 4.39 Å². The maximum absolute atomic E-state index is 15.7. The normalized spacial score (nSPS) is 17.7. The van der Waals surface area contributed by atoms with E-state index < -0.39 is 34.3 Å².